The van der Waals surface area contributed by atoms with E-state index < -0.39 is 18.1 Å². The molecule has 0 aromatic rings. The van der Waals surface area contributed by atoms with E-state index in [0.717, 1.165) is 6.42 Å². The van der Waals surface area contributed by atoms with Crippen molar-refractivity contribution in [3.8, 4) is 0 Å². The summed E-state index contributed by atoms with van der Waals surface area (Å²) in [5.74, 6) is -0.416. The van der Waals surface area contributed by atoms with E-state index in [1.807, 2.05) is 20.8 Å². The van der Waals surface area contributed by atoms with E-state index in [1.165, 1.54) is 7.11 Å². The van der Waals surface area contributed by atoms with Crippen molar-refractivity contribution in [3.05, 3.63) is 0 Å². The average Bonchev–Trinajstić information content (AvgIpc) is 2.26. The molecule has 0 aliphatic rings. The lowest BCUT2D eigenvalue weighted by Crippen LogP contribution is -2.49. The molecule has 2 atom stereocenters. The van der Waals surface area contributed by atoms with Gasteiger partial charge in [0, 0.05) is 0 Å². The quantitative estimate of drug-likeness (QED) is 0.650. The average molecular weight is 244 g/mol. The van der Waals surface area contributed by atoms with Gasteiger partial charge in [0.25, 0.3) is 0 Å². The Bertz CT molecular complexity index is 254. The summed E-state index contributed by atoms with van der Waals surface area (Å²) in [6.45, 7) is 5.92. The van der Waals surface area contributed by atoms with Crippen LogP contribution in [0.15, 0.2) is 0 Å². The second kappa shape index (κ2) is 8.06. The summed E-state index contributed by atoms with van der Waals surface area (Å²) >= 11 is 0. The molecule has 5 nitrogen and oxygen atoms in total. The highest BCUT2D eigenvalue weighted by molar-refractivity contribution is 5.87. The molecule has 0 aromatic heterocycles. The number of methoxy groups -OCH3 is 1. The summed E-state index contributed by atoms with van der Waals surface area (Å²) < 4.78 is 4.66. The van der Waals surface area contributed by atoms with Gasteiger partial charge >= 0.3 is 5.97 Å². The third-order valence-electron chi connectivity index (χ3n) is 2.45. The maximum Gasteiger partial charge on any atom is 0.328 e. The van der Waals surface area contributed by atoms with Crippen molar-refractivity contribution < 1.29 is 14.3 Å². The third kappa shape index (κ3) is 6.26. The molecule has 0 rings (SSSR count). The topological polar surface area (TPSA) is 81.4 Å². The number of nitrogens with two attached hydrogens (primary N) is 1. The molecule has 0 fully saturated rings. The molecular weight excluding hydrogens is 220 g/mol. The third-order valence-corrected chi connectivity index (χ3v) is 2.45. The lowest BCUT2D eigenvalue weighted by Gasteiger charge is -2.20. The number of hydrogen-bond acceptors (Lipinski definition) is 4. The lowest BCUT2D eigenvalue weighted by molar-refractivity contribution is -0.145. The molecule has 0 aromatic carbocycles. The number of carbonyl (C=O) groups excluding carboxylic acids is 2. The van der Waals surface area contributed by atoms with Crippen molar-refractivity contribution >= 4 is 11.9 Å². The van der Waals surface area contributed by atoms with Gasteiger partial charge in [0.15, 0.2) is 0 Å². The van der Waals surface area contributed by atoms with E-state index >= 15 is 0 Å². The van der Waals surface area contributed by atoms with Gasteiger partial charge in [-0.3, -0.25) is 4.79 Å². The zero-order valence-electron chi connectivity index (χ0n) is 11.2. The minimum Gasteiger partial charge on any atom is -0.467 e. The maximum absolute atomic E-state index is 11.7. The Balaban J connectivity index is 4.42. The van der Waals surface area contributed by atoms with Gasteiger partial charge in [0.1, 0.15) is 6.04 Å². The number of nitrogens with one attached hydrogen (secondary N) is 1. The number of rotatable bonds is 7. The molecule has 3 N–H and O–H groups in total. The predicted molar refractivity (Wildman–Crippen MR) is 66.3 cm³/mol. The van der Waals surface area contributed by atoms with Gasteiger partial charge in [-0.15, -0.1) is 0 Å². The summed E-state index contributed by atoms with van der Waals surface area (Å²) in [7, 11) is 1.31. The van der Waals surface area contributed by atoms with Gasteiger partial charge in [0.2, 0.25) is 5.91 Å². The van der Waals surface area contributed by atoms with Gasteiger partial charge < -0.3 is 15.8 Å². The Morgan fingerprint density at radius 1 is 1.35 bits per heavy atom. The van der Waals surface area contributed by atoms with E-state index in [1.54, 1.807) is 0 Å². The first-order valence-corrected chi connectivity index (χ1v) is 6.06. The summed E-state index contributed by atoms with van der Waals surface area (Å²) in [5, 5.41) is 2.65. The van der Waals surface area contributed by atoms with Crippen LogP contribution < -0.4 is 11.1 Å². The molecule has 5 heteroatoms. The molecular formula is C12H24N2O3. The second-order valence-electron chi connectivity index (χ2n) is 4.61. The molecule has 0 aliphatic heterocycles. The van der Waals surface area contributed by atoms with Crippen LogP contribution >= 0.6 is 0 Å². The highest BCUT2D eigenvalue weighted by Gasteiger charge is 2.24. The number of esters is 1. The van der Waals surface area contributed by atoms with E-state index in [2.05, 4.69) is 10.1 Å². The smallest absolute Gasteiger partial charge is 0.328 e. The summed E-state index contributed by atoms with van der Waals surface area (Å²) in [6.07, 6.45) is 2.00. The zero-order chi connectivity index (χ0) is 13.4. The highest BCUT2D eigenvalue weighted by Crippen LogP contribution is 2.07. The molecule has 17 heavy (non-hydrogen) atoms. The van der Waals surface area contributed by atoms with Crippen LogP contribution in [0.4, 0.5) is 0 Å². The van der Waals surface area contributed by atoms with Crippen LogP contribution in [0.3, 0.4) is 0 Å². The monoisotopic (exact) mass is 244 g/mol. The SMILES string of the molecule is CCCC(N)C(=O)NC(CC(C)C)C(=O)OC. The fraction of sp³-hybridized carbons (Fsp3) is 0.833. The van der Waals surface area contributed by atoms with Gasteiger partial charge in [-0.2, -0.15) is 0 Å². The first kappa shape index (κ1) is 15.9. The summed E-state index contributed by atoms with van der Waals surface area (Å²) in [6, 6.07) is -1.16. The van der Waals surface area contributed by atoms with E-state index in [0.29, 0.717) is 18.8 Å². The molecule has 0 saturated carbocycles. The Morgan fingerprint density at radius 3 is 2.35 bits per heavy atom. The first-order valence-electron chi connectivity index (χ1n) is 6.06. The van der Waals surface area contributed by atoms with Crippen molar-refractivity contribution in [2.75, 3.05) is 7.11 Å². The number of amides is 1. The van der Waals surface area contributed by atoms with Crippen LogP contribution in [0.5, 0.6) is 0 Å². The Labute approximate surface area is 103 Å². The maximum atomic E-state index is 11.7. The Morgan fingerprint density at radius 2 is 1.94 bits per heavy atom. The molecule has 0 aliphatic carbocycles. The fourth-order valence-electron chi connectivity index (χ4n) is 1.55. The van der Waals surface area contributed by atoms with Gasteiger partial charge in [-0.25, -0.2) is 4.79 Å². The van der Waals surface area contributed by atoms with Crippen LogP contribution in [0.25, 0.3) is 0 Å². The van der Waals surface area contributed by atoms with Crippen molar-refractivity contribution in [1.29, 1.82) is 0 Å². The van der Waals surface area contributed by atoms with Gasteiger partial charge in [-0.1, -0.05) is 27.2 Å². The van der Waals surface area contributed by atoms with Gasteiger partial charge in [-0.05, 0) is 18.8 Å². The van der Waals surface area contributed by atoms with E-state index in [9.17, 15) is 9.59 Å². The van der Waals surface area contributed by atoms with Crippen LogP contribution in [-0.4, -0.2) is 31.1 Å². The predicted octanol–water partition coefficient (Wildman–Crippen LogP) is 0.818. The normalized spacial score (nSPS) is 14.2. The molecule has 2 unspecified atom stereocenters. The van der Waals surface area contributed by atoms with Crippen LogP contribution in [-0.2, 0) is 14.3 Å². The minimum absolute atomic E-state index is 0.289. The molecule has 0 spiro atoms. The molecule has 0 bridgehead atoms. The first-order chi connectivity index (χ1) is 7.92. The second-order valence-corrected chi connectivity index (χ2v) is 4.61. The van der Waals surface area contributed by atoms with E-state index in [-0.39, 0.29) is 5.91 Å². The van der Waals surface area contributed by atoms with Crippen molar-refractivity contribution in [2.45, 2.75) is 52.1 Å². The van der Waals surface area contributed by atoms with Crippen molar-refractivity contribution in [3.63, 3.8) is 0 Å². The molecule has 1 amide bonds. The summed E-state index contributed by atoms with van der Waals surface area (Å²) in [4.78, 5) is 23.2. The molecule has 0 heterocycles. The summed E-state index contributed by atoms with van der Waals surface area (Å²) in [5.41, 5.74) is 5.68. The van der Waals surface area contributed by atoms with Crippen LogP contribution in [0.2, 0.25) is 0 Å². The Hall–Kier alpha value is -1.10. The zero-order valence-corrected chi connectivity index (χ0v) is 11.2. The number of ether oxygens (including phenoxy) is 1. The highest BCUT2D eigenvalue weighted by atomic mass is 16.5. The van der Waals surface area contributed by atoms with Crippen LogP contribution in [0, 0.1) is 5.92 Å². The molecule has 0 radical (unpaired) electrons. The fourth-order valence-corrected chi connectivity index (χ4v) is 1.55. The molecule has 100 valence electrons. The van der Waals surface area contributed by atoms with Crippen molar-refractivity contribution in [2.24, 2.45) is 11.7 Å². The van der Waals surface area contributed by atoms with Gasteiger partial charge in [0.05, 0.1) is 13.2 Å². The standard InChI is InChI=1S/C12H24N2O3/c1-5-6-9(13)11(15)14-10(7-8(2)3)12(16)17-4/h8-10H,5-7,13H2,1-4H3,(H,14,15). The van der Waals surface area contributed by atoms with E-state index in [4.69, 9.17) is 5.73 Å². The van der Waals surface area contributed by atoms with Crippen LogP contribution in [0.1, 0.15) is 40.0 Å². The lowest BCUT2D eigenvalue weighted by atomic mass is 10.0. The number of hydrogen-bond donors (Lipinski definition) is 2. The largest absolute Gasteiger partial charge is 0.467 e. The molecule has 0 saturated heterocycles. The number of carbonyl (C=O) groups is 2. The van der Waals surface area contributed by atoms with Crippen molar-refractivity contribution in [1.82, 2.24) is 5.32 Å². The minimum atomic E-state index is -0.601. The Kier molecular flexibility index (Phi) is 7.54.